The molecule has 39 heavy (non-hydrogen) atoms. The van der Waals surface area contributed by atoms with Crippen LogP contribution in [0, 0.1) is 21.8 Å². The van der Waals surface area contributed by atoms with E-state index in [1.54, 1.807) is 6.20 Å². The van der Waals surface area contributed by atoms with Gasteiger partial charge in [-0.2, -0.15) is 0 Å². The number of allylic oxidation sites excluding steroid dienone is 1. The van der Waals surface area contributed by atoms with Gasteiger partial charge in [0.15, 0.2) is 17.3 Å². The lowest BCUT2D eigenvalue weighted by molar-refractivity contribution is -0.384. The number of nitro groups is 1. The Labute approximate surface area is 224 Å². The second kappa shape index (κ2) is 9.92. The number of nitrogens with zero attached hydrogens (tertiary/aromatic N) is 3. The van der Waals surface area contributed by atoms with Gasteiger partial charge >= 0.3 is 0 Å². The van der Waals surface area contributed by atoms with Gasteiger partial charge in [-0.25, -0.2) is 4.39 Å². The zero-order chi connectivity index (χ0) is 27.3. The summed E-state index contributed by atoms with van der Waals surface area (Å²) in [6.45, 7) is 2.35. The maximum Gasteiger partial charge on any atom is 0.269 e. The number of benzene rings is 2. The smallest absolute Gasteiger partial charge is 0.269 e. The largest absolute Gasteiger partial charge is 0.492 e. The molecule has 202 valence electrons. The van der Waals surface area contributed by atoms with E-state index in [4.69, 9.17) is 4.74 Å². The van der Waals surface area contributed by atoms with E-state index in [1.807, 2.05) is 9.47 Å². The van der Waals surface area contributed by atoms with Crippen LogP contribution in [0.25, 0.3) is 17.0 Å². The van der Waals surface area contributed by atoms with Crippen molar-refractivity contribution in [2.45, 2.75) is 37.8 Å². The quantitative estimate of drug-likeness (QED) is 0.207. The van der Waals surface area contributed by atoms with Gasteiger partial charge in [-0.15, -0.1) is 0 Å². The molecule has 10 heteroatoms. The van der Waals surface area contributed by atoms with Crippen molar-refractivity contribution in [3.8, 4) is 5.75 Å². The van der Waals surface area contributed by atoms with Crippen LogP contribution in [0.3, 0.4) is 0 Å². The van der Waals surface area contributed by atoms with Gasteiger partial charge in [0.25, 0.3) is 5.69 Å². The van der Waals surface area contributed by atoms with Gasteiger partial charge in [0.05, 0.1) is 28.5 Å². The van der Waals surface area contributed by atoms with Crippen molar-refractivity contribution in [3.05, 3.63) is 79.9 Å². The highest BCUT2D eigenvalue weighted by Gasteiger charge is 2.38. The van der Waals surface area contributed by atoms with Gasteiger partial charge in [-0.3, -0.25) is 19.7 Å². The molecule has 2 aliphatic heterocycles. The fourth-order valence-electron chi connectivity index (χ4n) is 5.95. The molecule has 0 bridgehead atoms. The third-order valence-corrected chi connectivity index (χ3v) is 8.05. The molecule has 0 spiro atoms. The average Bonchev–Trinajstić information content (AvgIpc) is 3.69. The number of aromatic nitrogens is 1. The molecular weight excluding hydrogens is 503 g/mol. The van der Waals surface area contributed by atoms with Crippen LogP contribution >= 0.6 is 0 Å². The van der Waals surface area contributed by atoms with E-state index in [9.17, 15) is 19.7 Å². The molecule has 1 saturated carbocycles. The van der Waals surface area contributed by atoms with Crippen LogP contribution in [0.5, 0.6) is 5.75 Å². The molecule has 2 aromatic carbocycles. The van der Waals surface area contributed by atoms with Gasteiger partial charge in [0.1, 0.15) is 5.69 Å². The van der Waals surface area contributed by atoms with E-state index in [-0.39, 0.29) is 22.7 Å². The number of methoxy groups -OCH3 is 1. The third kappa shape index (κ3) is 4.58. The Balaban J connectivity index is 1.41. The first-order valence-corrected chi connectivity index (χ1v) is 13.3. The molecule has 2 unspecified atom stereocenters. The summed E-state index contributed by atoms with van der Waals surface area (Å²) in [5, 5.41) is 14.5. The monoisotopic (exact) mass is 532 g/mol. The number of ketones is 1. The summed E-state index contributed by atoms with van der Waals surface area (Å²) in [7, 11) is 1.49. The second-order valence-electron chi connectivity index (χ2n) is 10.6. The Morgan fingerprint density at radius 3 is 2.64 bits per heavy atom. The summed E-state index contributed by atoms with van der Waals surface area (Å²) in [6, 6.07) is 7.38. The first-order valence-electron chi connectivity index (χ1n) is 13.3. The molecule has 2 atom stereocenters. The lowest BCUT2D eigenvalue weighted by atomic mass is 9.94. The summed E-state index contributed by atoms with van der Waals surface area (Å²) in [6.07, 6.45) is 8.31. The van der Waals surface area contributed by atoms with Gasteiger partial charge in [-0.05, 0) is 68.0 Å². The molecule has 0 amide bonds. The number of ether oxygens (including phenoxy) is 1. The molecule has 1 N–H and O–H groups in total. The van der Waals surface area contributed by atoms with E-state index in [1.165, 1.54) is 49.6 Å². The Morgan fingerprint density at radius 1 is 1.21 bits per heavy atom. The van der Waals surface area contributed by atoms with E-state index in [0.29, 0.717) is 47.6 Å². The highest BCUT2D eigenvalue weighted by Crippen LogP contribution is 2.45. The fourth-order valence-corrected chi connectivity index (χ4v) is 5.95. The zero-order valence-electron chi connectivity index (χ0n) is 21.6. The maximum absolute atomic E-state index is 15.8. The van der Waals surface area contributed by atoms with Gasteiger partial charge in [0.2, 0.25) is 5.43 Å². The molecule has 3 aromatic rings. The molecule has 0 radical (unpaired) electrons. The lowest BCUT2D eigenvalue weighted by Crippen LogP contribution is -2.40. The van der Waals surface area contributed by atoms with E-state index in [2.05, 4.69) is 5.32 Å². The summed E-state index contributed by atoms with van der Waals surface area (Å²) in [4.78, 5) is 39.1. The minimum Gasteiger partial charge on any atom is -0.492 e. The number of halogens is 1. The fraction of sp³-hybridized carbons (Fsp3) is 0.379. The summed E-state index contributed by atoms with van der Waals surface area (Å²) < 4.78 is 23.5. The van der Waals surface area contributed by atoms with Gasteiger partial charge < -0.3 is 19.5 Å². The van der Waals surface area contributed by atoms with Crippen LogP contribution in [-0.4, -0.2) is 48.1 Å². The first kappa shape index (κ1) is 25.2. The standard InChI is InChI=1S/C29H29FN4O5/c1-39-29-26-21(13-23(30)27(29)32-14-18-3-2-12-31-24(18)16-32)28(36)22(15-33(26)19-9-10-19)25(35)11-6-17-4-7-20(8-5-17)34(37)38/h4-8,11,13,15,18-19,24,31H,2-3,9-10,12,14,16H2,1H3/b11-6+. The number of anilines is 1. The number of nitrogens with one attached hydrogen (secondary N) is 1. The Bertz CT molecular complexity index is 1550. The van der Waals surface area contributed by atoms with Crippen molar-refractivity contribution in [3.63, 3.8) is 0 Å². The Morgan fingerprint density at radius 2 is 1.97 bits per heavy atom. The maximum atomic E-state index is 15.8. The topological polar surface area (TPSA) is 107 Å². The number of hydrogen-bond donors (Lipinski definition) is 1. The number of fused-ring (bicyclic) bond motifs is 2. The Kier molecular flexibility index (Phi) is 6.42. The number of non-ortho nitro benzene ring substituents is 1. The van der Waals surface area contributed by atoms with Crippen molar-refractivity contribution >= 4 is 34.1 Å². The van der Waals surface area contributed by atoms with Crippen LogP contribution in [-0.2, 0) is 0 Å². The summed E-state index contributed by atoms with van der Waals surface area (Å²) in [5.74, 6) is -0.295. The number of piperidine rings is 1. The predicted octanol–water partition coefficient (Wildman–Crippen LogP) is 4.48. The Hall–Kier alpha value is -4.05. The van der Waals surface area contributed by atoms with E-state index < -0.39 is 22.0 Å². The first-order chi connectivity index (χ1) is 18.9. The number of nitro benzene ring substituents is 1. The van der Waals surface area contributed by atoms with Crippen LogP contribution < -0.4 is 20.4 Å². The average molecular weight is 533 g/mol. The van der Waals surface area contributed by atoms with Crippen LogP contribution in [0.15, 0.2) is 47.4 Å². The molecule has 9 nitrogen and oxygen atoms in total. The van der Waals surface area contributed by atoms with Crippen molar-refractivity contribution in [1.29, 1.82) is 0 Å². The van der Waals surface area contributed by atoms with Crippen LogP contribution in [0.1, 0.15) is 47.6 Å². The number of rotatable bonds is 7. The zero-order valence-corrected chi connectivity index (χ0v) is 21.6. The van der Waals surface area contributed by atoms with Crippen molar-refractivity contribution in [2.24, 2.45) is 5.92 Å². The van der Waals surface area contributed by atoms with Crippen molar-refractivity contribution < 1.29 is 18.8 Å². The molecule has 6 rings (SSSR count). The van der Waals surface area contributed by atoms with Crippen LogP contribution in [0.2, 0.25) is 0 Å². The van der Waals surface area contributed by atoms with Gasteiger partial charge in [-0.1, -0.05) is 6.08 Å². The predicted molar refractivity (Wildman–Crippen MR) is 146 cm³/mol. The lowest BCUT2D eigenvalue weighted by Gasteiger charge is -2.25. The molecule has 3 fully saturated rings. The molecule has 2 saturated heterocycles. The van der Waals surface area contributed by atoms with Crippen molar-refractivity contribution in [2.75, 3.05) is 31.6 Å². The normalized spacial score (nSPS) is 20.9. The highest BCUT2D eigenvalue weighted by molar-refractivity contribution is 6.08. The molecule has 1 aliphatic carbocycles. The molecule has 1 aromatic heterocycles. The number of carbonyl (C=O) groups is 1. The van der Waals surface area contributed by atoms with Crippen molar-refractivity contribution in [1.82, 2.24) is 9.88 Å². The molecular formula is C29H29FN4O5. The number of carbonyl (C=O) groups excluding carboxylic acids is 1. The van der Waals surface area contributed by atoms with E-state index >= 15 is 4.39 Å². The number of pyridine rings is 1. The van der Waals surface area contributed by atoms with Crippen LogP contribution in [0.4, 0.5) is 15.8 Å². The molecule has 3 heterocycles. The second-order valence-corrected chi connectivity index (χ2v) is 10.6. The summed E-state index contributed by atoms with van der Waals surface area (Å²) >= 11 is 0. The SMILES string of the molecule is COc1c(N2CC3CCCNC3C2)c(F)cc2c(=O)c(C(=O)/C=C/c3ccc([N+](=O)[O-])cc3)cn(C3CC3)c12. The summed E-state index contributed by atoms with van der Waals surface area (Å²) in [5.41, 5.74) is 0.793. The minimum atomic E-state index is -0.555. The van der Waals surface area contributed by atoms with E-state index in [0.717, 1.165) is 32.2 Å². The number of hydrogen-bond acceptors (Lipinski definition) is 7. The minimum absolute atomic E-state index is 0.0559. The highest BCUT2D eigenvalue weighted by atomic mass is 19.1. The molecule has 3 aliphatic rings. The third-order valence-electron chi connectivity index (χ3n) is 8.05. The van der Waals surface area contributed by atoms with Gasteiger partial charge in [0, 0.05) is 43.5 Å².